The normalized spacial score (nSPS) is 19.2. The molecule has 7 heteroatoms. The Balaban J connectivity index is 2.11. The summed E-state index contributed by atoms with van der Waals surface area (Å²) in [5.74, 6) is -1.06. The Labute approximate surface area is 122 Å². The number of ether oxygens (including phenoxy) is 1. The third-order valence-corrected chi connectivity index (χ3v) is 3.76. The molecule has 0 aromatic heterocycles. The molecule has 21 heavy (non-hydrogen) atoms. The van der Waals surface area contributed by atoms with Gasteiger partial charge in [0.05, 0.1) is 4.92 Å². The number of aromatic carboxylic acids is 1. The second-order valence-electron chi connectivity index (χ2n) is 5.18. The van der Waals surface area contributed by atoms with Gasteiger partial charge in [-0.1, -0.05) is 6.42 Å². The highest BCUT2D eigenvalue weighted by molar-refractivity contribution is 5.91. The van der Waals surface area contributed by atoms with E-state index in [4.69, 9.17) is 9.84 Å². The Morgan fingerprint density at radius 3 is 2.90 bits per heavy atom. The van der Waals surface area contributed by atoms with E-state index in [1.807, 2.05) is 7.05 Å². The van der Waals surface area contributed by atoms with Crippen LogP contribution in [-0.2, 0) is 0 Å². The van der Waals surface area contributed by atoms with Gasteiger partial charge in [0.2, 0.25) is 0 Å². The van der Waals surface area contributed by atoms with Crippen molar-refractivity contribution in [1.82, 2.24) is 4.90 Å². The van der Waals surface area contributed by atoms with Gasteiger partial charge in [-0.25, -0.2) is 4.79 Å². The minimum absolute atomic E-state index is 0.173. The Kier molecular flexibility index (Phi) is 4.74. The molecule has 1 aliphatic heterocycles. The highest BCUT2D eigenvalue weighted by atomic mass is 16.6. The van der Waals surface area contributed by atoms with Gasteiger partial charge in [-0.05, 0) is 32.5 Å². The molecule has 0 amide bonds. The van der Waals surface area contributed by atoms with Gasteiger partial charge in [0.1, 0.15) is 17.9 Å². The maximum atomic E-state index is 11.2. The first kappa shape index (κ1) is 15.2. The molecule has 1 N–H and O–H groups in total. The van der Waals surface area contributed by atoms with E-state index in [9.17, 15) is 14.9 Å². The number of carbonyl (C=O) groups is 1. The van der Waals surface area contributed by atoms with Gasteiger partial charge in [0, 0.05) is 18.2 Å². The van der Waals surface area contributed by atoms with Gasteiger partial charge >= 0.3 is 5.97 Å². The van der Waals surface area contributed by atoms with Crippen LogP contribution in [0, 0.1) is 10.1 Å². The Morgan fingerprint density at radius 2 is 2.29 bits per heavy atom. The number of carboxylic acids is 1. The van der Waals surface area contributed by atoms with Crippen molar-refractivity contribution in [1.29, 1.82) is 0 Å². The van der Waals surface area contributed by atoms with Gasteiger partial charge in [-0.15, -0.1) is 0 Å². The summed E-state index contributed by atoms with van der Waals surface area (Å²) < 4.78 is 5.60. The number of hydrogen-bond acceptors (Lipinski definition) is 5. The number of nitro groups is 1. The van der Waals surface area contributed by atoms with Gasteiger partial charge < -0.3 is 14.7 Å². The fourth-order valence-corrected chi connectivity index (χ4v) is 2.47. The molecule has 1 fully saturated rings. The van der Waals surface area contributed by atoms with Crippen molar-refractivity contribution in [3.8, 4) is 5.75 Å². The number of non-ortho nitro benzene ring substituents is 1. The second-order valence-corrected chi connectivity index (χ2v) is 5.18. The number of piperidine rings is 1. The lowest BCUT2D eigenvalue weighted by molar-refractivity contribution is -0.384. The number of rotatable bonds is 5. The van der Waals surface area contributed by atoms with Crippen molar-refractivity contribution in [2.75, 3.05) is 20.2 Å². The molecule has 1 saturated heterocycles. The standard InChI is InChI=1S/C14H18N2O5/c1-15-7-3-2-4-11(15)9-21-13-6-5-10(16(19)20)8-12(13)14(17)18/h5-6,8,11H,2-4,7,9H2,1H3,(H,17,18). The number of likely N-dealkylation sites (N-methyl/N-ethyl adjacent to an activating group) is 1. The first-order valence-electron chi connectivity index (χ1n) is 6.84. The molecule has 1 heterocycles. The molecular formula is C14H18N2O5. The van der Waals surface area contributed by atoms with Gasteiger partial charge in [0.25, 0.3) is 5.69 Å². The molecule has 1 aromatic carbocycles. The molecule has 1 aliphatic rings. The molecule has 0 spiro atoms. The highest BCUT2D eigenvalue weighted by Gasteiger charge is 2.22. The van der Waals surface area contributed by atoms with Crippen LogP contribution in [0.15, 0.2) is 18.2 Å². The lowest BCUT2D eigenvalue weighted by Crippen LogP contribution is -2.40. The predicted molar refractivity (Wildman–Crippen MR) is 75.8 cm³/mol. The Morgan fingerprint density at radius 1 is 1.52 bits per heavy atom. The van der Waals surface area contributed by atoms with E-state index < -0.39 is 10.9 Å². The molecule has 1 aromatic rings. The van der Waals surface area contributed by atoms with Crippen LogP contribution in [-0.4, -0.2) is 47.1 Å². The van der Waals surface area contributed by atoms with Gasteiger partial charge in [0.15, 0.2) is 0 Å². The van der Waals surface area contributed by atoms with E-state index in [0.29, 0.717) is 6.61 Å². The quantitative estimate of drug-likeness (QED) is 0.660. The maximum absolute atomic E-state index is 11.2. The molecule has 1 atom stereocenters. The van der Waals surface area contributed by atoms with E-state index >= 15 is 0 Å². The van der Waals surface area contributed by atoms with Gasteiger partial charge in [-0.3, -0.25) is 10.1 Å². The molecule has 0 saturated carbocycles. The zero-order chi connectivity index (χ0) is 15.4. The lowest BCUT2D eigenvalue weighted by Gasteiger charge is -2.32. The first-order chi connectivity index (χ1) is 9.99. The lowest BCUT2D eigenvalue weighted by atomic mass is 10.0. The monoisotopic (exact) mass is 294 g/mol. The van der Waals surface area contributed by atoms with Crippen molar-refractivity contribution in [3.63, 3.8) is 0 Å². The molecule has 0 radical (unpaired) electrons. The third-order valence-electron chi connectivity index (χ3n) is 3.76. The summed E-state index contributed by atoms with van der Waals surface area (Å²) >= 11 is 0. The van der Waals surface area contributed by atoms with E-state index in [0.717, 1.165) is 31.9 Å². The highest BCUT2D eigenvalue weighted by Crippen LogP contribution is 2.25. The van der Waals surface area contributed by atoms with E-state index in [1.165, 1.54) is 12.1 Å². The number of hydrogen-bond donors (Lipinski definition) is 1. The summed E-state index contributed by atoms with van der Waals surface area (Å²) in [4.78, 5) is 23.5. The Hall–Kier alpha value is -2.15. The SMILES string of the molecule is CN1CCCCC1COc1ccc([N+](=O)[O-])cc1C(=O)O. The van der Waals surface area contributed by atoms with Crippen molar-refractivity contribution in [2.24, 2.45) is 0 Å². The average molecular weight is 294 g/mol. The fourth-order valence-electron chi connectivity index (χ4n) is 2.47. The summed E-state index contributed by atoms with van der Waals surface area (Å²) in [7, 11) is 2.02. The van der Waals surface area contributed by atoms with Crippen LogP contribution in [0.1, 0.15) is 29.6 Å². The number of nitrogens with zero attached hydrogens (tertiary/aromatic N) is 2. The van der Waals surface area contributed by atoms with Gasteiger partial charge in [-0.2, -0.15) is 0 Å². The predicted octanol–water partition coefficient (Wildman–Crippen LogP) is 2.16. The largest absolute Gasteiger partial charge is 0.491 e. The van der Waals surface area contributed by atoms with E-state index in [1.54, 1.807) is 0 Å². The fraction of sp³-hybridized carbons (Fsp3) is 0.500. The topological polar surface area (TPSA) is 92.9 Å². The average Bonchev–Trinajstić information content (AvgIpc) is 2.46. The molecule has 2 rings (SSSR count). The van der Waals surface area contributed by atoms with Crippen molar-refractivity contribution >= 4 is 11.7 Å². The van der Waals surface area contributed by atoms with E-state index in [-0.39, 0.29) is 23.0 Å². The number of likely N-dealkylation sites (tertiary alicyclic amines) is 1. The minimum Gasteiger partial charge on any atom is -0.491 e. The second kappa shape index (κ2) is 6.53. The third kappa shape index (κ3) is 3.69. The van der Waals surface area contributed by atoms with Crippen LogP contribution in [0.3, 0.4) is 0 Å². The summed E-state index contributed by atoms with van der Waals surface area (Å²) in [6.45, 7) is 1.38. The van der Waals surface area contributed by atoms with Crippen molar-refractivity contribution < 1.29 is 19.6 Å². The zero-order valence-corrected chi connectivity index (χ0v) is 11.8. The maximum Gasteiger partial charge on any atom is 0.339 e. The molecule has 7 nitrogen and oxygen atoms in total. The van der Waals surface area contributed by atoms with E-state index in [2.05, 4.69) is 4.90 Å². The summed E-state index contributed by atoms with van der Waals surface area (Å²) in [5, 5.41) is 19.8. The number of nitro benzene ring substituents is 1. The molecule has 0 aliphatic carbocycles. The van der Waals surface area contributed by atoms with Crippen LogP contribution >= 0.6 is 0 Å². The Bertz CT molecular complexity index is 546. The van der Waals surface area contributed by atoms with Crippen LogP contribution < -0.4 is 4.74 Å². The molecule has 114 valence electrons. The van der Waals surface area contributed by atoms with Crippen LogP contribution in [0.4, 0.5) is 5.69 Å². The zero-order valence-electron chi connectivity index (χ0n) is 11.8. The van der Waals surface area contributed by atoms with Crippen LogP contribution in [0.5, 0.6) is 5.75 Å². The number of carboxylic acid groups (broad SMARTS) is 1. The number of benzene rings is 1. The smallest absolute Gasteiger partial charge is 0.339 e. The molecule has 0 bridgehead atoms. The summed E-state index contributed by atoms with van der Waals surface area (Å²) in [6.07, 6.45) is 3.29. The molecule has 1 unspecified atom stereocenters. The summed E-state index contributed by atoms with van der Waals surface area (Å²) in [5.41, 5.74) is -0.433. The van der Waals surface area contributed by atoms with Crippen LogP contribution in [0.2, 0.25) is 0 Å². The van der Waals surface area contributed by atoms with Crippen molar-refractivity contribution in [2.45, 2.75) is 25.3 Å². The summed E-state index contributed by atoms with van der Waals surface area (Å²) in [6, 6.07) is 3.88. The minimum atomic E-state index is -1.23. The van der Waals surface area contributed by atoms with Crippen molar-refractivity contribution in [3.05, 3.63) is 33.9 Å². The van der Waals surface area contributed by atoms with Crippen LogP contribution in [0.25, 0.3) is 0 Å². The first-order valence-corrected chi connectivity index (χ1v) is 6.84. The molecular weight excluding hydrogens is 276 g/mol.